The van der Waals surface area contributed by atoms with E-state index in [0.29, 0.717) is 17.0 Å². The predicted octanol–water partition coefficient (Wildman–Crippen LogP) is 2.14. The second-order valence-electron chi connectivity index (χ2n) is 3.12. The highest BCUT2D eigenvalue weighted by Crippen LogP contribution is 2.25. The summed E-state index contributed by atoms with van der Waals surface area (Å²) >= 11 is 4.15. The third-order valence-corrected chi connectivity index (χ3v) is 2.55. The van der Waals surface area contributed by atoms with Gasteiger partial charge in [-0.25, -0.2) is 0 Å². The van der Waals surface area contributed by atoms with Gasteiger partial charge in [0.15, 0.2) is 0 Å². The summed E-state index contributed by atoms with van der Waals surface area (Å²) in [6.07, 6.45) is 0.562. The van der Waals surface area contributed by atoms with Crippen LogP contribution in [0.2, 0.25) is 0 Å². The molecule has 0 bridgehead atoms. The maximum atomic E-state index is 10.9. The van der Waals surface area contributed by atoms with Crippen molar-refractivity contribution in [2.24, 2.45) is 0 Å². The van der Waals surface area contributed by atoms with Crippen LogP contribution in [0.3, 0.4) is 0 Å². The van der Waals surface area contributed by atoms with Crippen molar-refractivity contribution in [1.29, 1.82) is 0 Å². The number of benzene rings is 1. The fourth-order valence-electron chi connectivity index (χ4n) is 1.33. The van der Waals surface area contributed by atoms with Gasteiger partial charge in [-0.1, -0.05) is 13.0 Å². The van der Waals surface area contributed by atoms with Crippen molar-refractivity contribution in [3.05, 3.63) is 23.8 Å². The fourth-order valence-corrected chi connectivity index (χ4v) is 1.55. The van der Waals surface area contributed by atoms with Gasteiger partial charge in [0.2, 0.25) is 0 Å². The van der Waals surface area contributed by atoms with Crippen molar-refractivity contribution in [3.63, 3.8) is 0 Å². The number of carboxylic acid groups (broad SMARTS) is 1. The largest absolute Gasteiger partial charge is 0.481 e. The Morgan fingerprint density at radius 1 is 1.64 bits per heavy atom. The minimum Gasteiger partial charge on any atom is -0.481 e. The number of rotatable bonds is 3. The Balaban J connectivity index is 3.06. The molecule has 76 valence electrons. The van der Waals surface area contributed by atoms with Gasteiger partial charge in [0.25, 0.3) is 0 Å². The first-order valence-electron chi connectivity index (χ1n) is 4.37. The molecule has 0 saturated heterocycles. The fraction of sp³-hybridized carbons (Fsp3) is 0.300. The molecule has 0 aliphatic rings. The zero-order chi connectivity index (χ0) is 10.7. The van der Waals surface area contributed by atoms with E-state index < -0.39 is 11.9 Å². The molecule has 1 atom stereocenters. The first kappa shape index (κ1) is 10.9. The summed E-state index contributed by atoms with van der Waals surface area (Å²) in [5.74, 6) is -1.29. The second-order valence-corrected chi connectivity index (χ2v) is 3.60. The lowest BCUT2D eigenvalue weighted by Crippen LogP contribution is -2.10. The highest BCUT2D eigenvalue weighted by molar-refractivity contribution is 7.80. The zero-order valence-electron chi connectivity index (χ0n) is 7.90. The van der Waals surface area contributed by atoms with Crippen LogP contribution < -0.4 is 5.73 Å². The summed E-state index contributed by atoms with van der Waals surface area (Å²) in [5, 5.41) is 8.93. The van der Waals surface area contributed by atoms with Crippen LogP contribution >= 0.6 is 12.6 Å². The normalized spacial score (nSPS) is 12.4. The number of carboxylic acids is 1. The van der Waals surface area contributed by atoms with E-state index in [-0.39, 0.29) is 0 Å². The number of aliphatic carboxylic acids is 1. The molecule has 3 N–H and O–H groups in total. The van der Waals surface area contributed by atoms with Gasteiger partial charge in [0.1, 0.15) is 0 Å². The Bertz CT molecular complexity index is 352. The van der Waals surface area contributed by atoms with Gasteiger partial charge in [0, 0.05) is 10.6 Å². The third-order valence-electron chi connectivity index (χ3n) is 2.16. The number of hydrogen-bond acceptors (Lipinski definition) is 3. The molecule has 4 heteroatoms. The lowest BCUT2D eigenvalue weighted by Gasteiger charge is -2.11. The van der Waals surface area contributed by atoms with Crippen molar-refractivity contribution in [2.45, 2.75) is 24.2 Å². The first-order valence-corrected chi connectivity index (χ1v) is 4.82. The lowest BCUT2D eigenvalue weighted by atomic mass is 9.96. The van der Waals surface area contributed by atoms with Gasteiger partial charge in [-0.15, -0.1) is 12.6 Å². The van der Waals surface area contributed by atoms with Crippen molar-refractivity contribution in [1.82, 2.24) is 0 Å². The summed E-state index contributed by atoms with van der Waals surface area (Å²) in [6, 6.07) is 5.13. The summed E-state index contributed by atoms with van der Waals surface area (Å²) in [6.45, 7) is 1.84. The third kappa shape index (κ3) is 2.20. The van der Waals surface area contributed by atoms with Gasteiger partial charge < -0.3 is 10.8 Å². The maximum Gasteiger partial charge on any atom is 0.310 e. The van der Waals surface area contributed by atoms with E-state index in [2.05, 4.69) is 12.6 Å². The van der Waals surface area contributed by atoms with E-state index in [0.717, 1.165) is 5.56 Å². The smallest absolute Gasteiger partial charge is 0.310 e. The van der Waals surface area contributed by atoms with E-state index in [1.165, 1.54) is 0 Å². The molecule has 0 spiro atoms. The number of hydrogen-bond donors (Lipinski definition) is 3. The van der Waals surface area contributed by atoms with Crippen LogP contribution in [-0.2, 0) is 4.79 Å². The Hall–Kier alpha value is -1.16. The number of carbonyl (C=O) groups is 1. The van der Waals surface area contributed by atoms with E-state index in [1.807, 2.05) is 6.92 Å². The topological polar surface area (TPSA) is 63.3 Å². The van der Waals surface area contributed by atoms with Gasteiger partial charge in [-0.2, -0.15) is 0 Å². The zero-order valence-corrected chi connectivity index (χ0v) is 8.79. The van der Waals surface area contributed by atoms with Crippen LogP contribution in [0, 0.1) is 0 Å². The van der Waals surface area contributed by atoms with Crippen LogP contribution in [0.25, 0.3) is 0 Å². The van der Waals surface area contributed by atoms with Crippen molar-refractivity contribution in [2.75, 3.05) is 5.73 Å². The Morgan fingerprint density at radius 3 is 2.71 bits per heavy atom. The van der Waals surface area contributed by atoms with E-state index in [4.69, 9.17) is 10.8 Å². The number of thiol groups is 1. The van der Waals surface area contributed by atoms with E-state index in [1.54, 1.807) is 18.2 Å². The Morgan fingerprint density at radius 2 is 2.29 bits per heavy atom. The molecule has 14 heavy (non-hydrogen) atoms. The minimum atomic E-state index is -0.815. The quantitative estimate of drug-likeness (QED) is 0.530. The van der Waals surface area contributed by atoms with Crippen LogP contribution in [0.15, 0.2) is 23.1 Å². The van der Waals surface area contributed by atoms with Gasteiger partial charge >= 0.3 is 5.97 Å². The van der Waals surface area contributed by atoms with Crippen molar-refractivity contribution >= 4 is 24.3 Å². The molecule has 1 aromatic rings. The standard InChI is InChI=1S/C10H13NO2S/c1-2-7(10(12)13)6-3-4-8(11)9(14)5-6/h3-5,7,14H,2,11H2,1H3,(H,12,13). The molecule has 1 aromatic carbocycles. The van der Waals surface area contributed by atoms with Crippen LogP contribution in [0.4, 0.5) is 5.69 Å². The van der Waals surface area contributed by atoms with Crippen LogP contribution in [0.1, 0.15) is 24.8 Å². The molecule has 0 aliphatic heterocycles. The SMILES string of the molecule is CCC(C(=O)O)c1ccc(N)c(S)c1. The number of anilines is 1. The highest BCUT2D eigenvalue weighted by atomic mass is 32.1. The molecular formula is C10H13NO2S. The minimum absolute atomic E-state index is 0.471. The molecule has 0 aliphatic carbocycles. The van der Waals surface area contributed by atoms with E-state index in [9.17, 15) is 4.79 Å². The molecule has 0 fully saturated rings. The summed E-state index contributed by atoms with van der Waals surface area (Å²) in [7, 11) is 0. The maximum absolute atomic E-state index is 10.9. The summed E-state index contributed by atoms with van der Waals surface area (Å²) in [4.78, 5) is 11.5. The van der Waals surface area contributed by atoms with Gasteiger partial charge in [-0.3, -0.25) is 4.79 Å². The molecule has 0 aromatic heterocycles. The predicted molar refractivity (Wildman–Crippen MR) is 58.8 cm³/mol. The van der Waals surface area contributed by atoms with Crippen molar-refractivity contribution in [3.8, 4) is 0 Å². The molecule has 1 unspecified atom stereocenters. The number of nitrogen functional groups attached to an aromatic ring is 1. The molecule has 0 saturated carbocycles. The molecular weight excluding hydrogens is 198 g/mol. The van der Waals surface area contributed by atoms with Gasteiger partial charge in [-0.05, 0) is 24.1 Å². The van der Waals surface area contributed by atoms with Crippen LogP contribution in [0.5, 0.6) is 0 Å². The summed E-state index contributed by atoms with van der Waals surface area (Å²) < 4.78 is 0. The molecule has 0 heterocycles. The Kier molecular flexibility index (Phi) is 3.41. The summed E-state index contributed by atoms with van der Waals surface area (Å²) in [5.41, 5.74) is 6.90. The molecule has 0 amide bonds. The average Bonchev–Trinajstić information content (AvgIpc) is 2.11. The van der Waals surface area contributed by atoms with Gasteiger partial charge in [0.05, 0.1) is 5.92 Å². The van der Waals surface area contributed by atoms with Crippen LogP contribution in [-0.4, -0.2) is 11.1 Å². The Labute approximate surface area is 88.3 Å². The van der Waals surface area contributed by atoms with E-state index >= 15 is 0 Å². The van der Waals surface area contributed by atoms with Crippen molar-refractivity contribution < 1.29 is 9.90 Å². The molecule has 3 nitrogen and oxygen atoms in total. The monoisotopic (exact) mass is 211 g/mol. The molecule has 1 rings (SSSR count). The average molecular weight is 211 g/mol. The lowest BCUT2D eigenvalue weighted by molar-refractivity contribution is -0.138. The molecule has 0 radical (unpaired) electrons. The second kappa shape index (κ2) is 4.37. The number of nitrogens with two attached hydrogens (primary N) is 1. The highest BCUT2D eigenvalue weighted by Gasteiger charge is 2.17. The first-order chi connectivity index (χ1) is 6.56.